The summed E-state index contributed by atoms with van der Waals surface area (Å²) in [5, 5.41) is 1.09. The van der Waals surface area contributed by atoms with Crippen molar-refractivity contribution in [2.45, 2.75) is 6.92 Å². The molecule has 6 heteroatoms. The van der Waals surface area contributed by atoms with Gasteiger partial charge in [-0.3, -0.25) is 0 Å². The van der Waals surface area contributed by atoms with E-state index in [0.717, 1.165) is 60.2 Å². The molecule has 1 saturated heterocycles. The zero-order valence-electron chi connectivity index (χ0n) is 16.4. The monoisotopic (exact) mass is 382 g/mol. The highest BCUT2D eigenvalue weighted by atomic mass is 15.3. The molecule has 1 fully saturated rings. The summed E-state index contributed by atoms with van der Waals surface area (Å²) in [6, 6.07) is 18.5. The first-order valence-electron chi connectivity index (χ1n) is 9.89. The molecule has 2 aromatic heterocycles. The molecule has 0 N–H and O–H groups in total. The van der Waals surface area contributed by atoms with Crippen LogP contribution in [0.25, 0.3) is 22.3 Å². The highest BCUT2D eigenvalue weighted by Gasteiger charge is 2.22. The molecule has 1 aliphatic rings. The van der Waals surface area contributed by atoms with E-state index in [0.29, 0.717) is 0 Å². The lowest BCUT2D eigenvalue weighted by Gasteiger charge is -2.35. The maximum absolute atomic E-state index is 4.99. The number of hydrogen-bond acceptors (Lipinski definition) is 6. The van der Waals surface area contributed by atoms with E-state index in [2.05, 4.69) is 69.2 Å². The van der Waals surface area contributed by atoms with Gasteiger partial charge in [0.25, 0.3) is 0 Å². The fraction of sp³-hybridized carbons (Fsp3) is 0.217. The Kier molecular flexibility index (Phi) is 4.52. The van der Waals surface area contributed by atoms with E-state index in [4.69, 9.17) is 9.97 Å². The molecule has 144 valence electrons. The Morgan fingerprint density at radius 3 is 2.17 bits per heavy atom. The minimum absolute atomic E-state index is 0.771. The van der Waals surface area contributed by atoms with Crippen molar-refractivity contribution in [1.82, 2.24) is 19.9 Å². The van der Waals surface area contributed by atoms with Gasteiger partial charge in [0, 0.05) is 49.5 Å². The van der Waals surface area contributed by atoms with E-state index in [1.54, 1.807) is 12.4 Å². The van der Waals surface area contributed by atoms with Gasteiger partial charge in [0.1, 0.15) is 5.82 Å². The first-order valence-corrected chi connectivity index (χ1v) is 9.89. The average Bonchev–Trinajstić information content (AvgIpc) is 2.79. The quantitative estimate of drug-likeness (QED) is 0.538. The van der Waals surface area contributed by atoms with Crippen LogP contribution < -0.4 is 9.80 Å². The topological polar surface area (TPSA) is 58.0 Å². The van der Waals surface area contributed by atoms with Gasteiger partial charge in [-0.25, -0.2) is 19.9 Å². The van der Waals surface area contributed by atoms with Crippen LogP contribution in [0, 0.1) is 6.92 Å². The molecule has 2 aromatic carbocycles. The molecule has 0 bridgehead atoms. The molecular formula is C23H22N6. The van der Waals surface area contributed by atoms with Gasteiger partial charge in [0.15, 0.2) is 5.82 Å². The van der Waals surface area contributed by atoms with Crippen LogP contribution in [0.5, 0.6) is 0 Å². The maximum Gasteiger partial charge on any atom is 0.225 e. The number of nitrogens with zero attached hydrogens (tertiary/aromatic N) is 6. The Morgan fingerprint density at radius 1 is 0.724 bits per heavy atom. The van der Waals surface area contributed by atoms with E-state index in [9.17, 15) is 0 Å². The lowest BCUT2D eigenvalue weighted by molar-refractivity contribution is 0.636. The average molecular weight is 382 g/mol. The number of para-hydroxylation sites is 1. The molecule has 0 spiro atoms. The van der Waals surface area contributed by atoms with Gasteiger partial charge in [-0.05, 0) is 25.1 Å². The predicted octanol–water partition coefficient (Wildman–Crippen LogP) is 3.72. The number of aromatic nitrogens is 4. The maximum atomic E-state index is 4.99. The molecule has 0 radical (unpaired) electrons. The van der Waals surface area contributed by atoms with Crippen molar-refractivity contribution in [3.05, 3.63) is 72.6 Å². The SMILES string of the molecule is Cc1ccc(-c2nc(N3CCN(c4ncccn4)CC3)c3ccccc3n2)cc1. The molecule has 0 atom stereocenters. The van der Waals surface area contributed by atoms with E-state index >= 15 is 0 Å². The number of rotatable bonds is 3. The van der Waals surface area contributed by atoms with Crippen LogP contribution in [0.3, 0.4) is 0 Å². The van der Waals surface area contributed by atoms with Gasteiger partial charge < -0.3 is 9.80 Å². The third kappa shape index (κ3) is 3.49. The molecule has 4 aromatic rings. The summed E-state index contributed by atoms with van der Waals surface area (Å²) in [6.45, 7) is 5.55. The Balaban J connectivity index is 1.48. The number of benzene rings is 2. The van der Waals surface area contributed by atoms with Gasteiger partial charge in [-0.15, -0.1) is 0 Å². The number of anilines is 2. The summed E-state index contributed by atoms with van der Waals surface area (Å²) in [7, 11) is 0. The van der Waals surface area contributed by atoms with Crippen LogP contribution in [0.15, 0.2) is 67.0 Å². The van der Waals surface area contributed by atoms with Crippen molar-refractivity contribution in [1.29, 1.82) is 0 Å². The van der Waals surface area contributed by atoms with Crippen LogP contribution in [0.1, 0.15) is 5.56 Å². The normalized spacial score (nSPS) is 14.4. The second-order valence-corrected chi connectivity index (χ2v) is 7.28. The Hall–Kier alpha value is -3.54. The summed E-state index contributed by atoms with van der Waals surface area (Å²) in [5.41, 5.74) is 3.25. The van der Waals surface area contributed by atoms with Gasteiger partial charge in [-0.1, -0.05) is 42.0 Å². The highest BCUT2D eigenvalue weighted by molar-refractivity contribution is 5.91. The molecule has 0 saturated carbocycles. The number of aryl methyl sites for hydroxylation is 1. The Bertz CT molecular complexity index is 1120. The van der Waals surface area contributed by atoms with Crippen molar-refractivity contribution in [2.75, 3.05) is 36.0 Å². The summed E-state index contributed by atoms with van der Waals surface area (Å²) >= 11 is 0. The summed E-state index contributed by atoms with van der Waals surface area (Å²) in [5.74, 6) is 2.56. The molecule has 3 heterocycles. The lowest BCUT2D eigenvalue weighted by atomic mass is 10.1. The molecule has 0 amide bonds. The van der Waals surface area contributed by atoms with Crippen molar-refractivity contribution >= 4 is 22.7 Å². The number of fused-ring (bicyclic) bond motifs is 1. The van der Waals surface area contributed by atoms with Crippen molar-refractivity contribution < 1.29 is 0 Å². The fourth-order valence-corrected chi connectivity index (χ4v) is 3.71. The van der Waals surface area contributed by atoms with Crippen molar-refractivity contribution in [3.8, 4) is 11.4 Å². The van der Waals surface area contributed by atoms with Crippen LogP contribution in [0.2, 0.25) is 0 Å². The predicted molar refractivity (Wildman–Crippen MR) is 116 cm³/mol. The van der Waals surface area contributed by atoms with Crippen LogP contribution in [-0.4, -0.2) is 46.1 Å². The van der Waals surface area contributed by atoms with Gasteiger partial charge >= 0.3 is 0 Å². The largest absolute Gasteiger partial charge is 0.352 e. The van der Waals surface area contributed by atoms with E-state index in [1.165, 1.54) is 5.56 Å². The smallest absolute Gasteiger partial charge is 0.225 e. The van der Waals surface area contributed by atoms with Crippen molar-refractivity contribution in [2.24, 2.45) is 0 Å². The van der Waals surface area contributed by atoms with E-state index in [-0.39, 0.29) is 0 Å². The van der Waals surface area contributed by atoms with Crippen LogP contribution in [0.4, 0.5) is 11.8 Å². The second-order valence-electron chi connectivity index (χ2n) is 7.28. The fourth-order valence-electron chi connectivity index (χ4n) is 3.71. The zero-order chi connectivity index (χ0) is 19.6. The Labute approximate surface area is 169 Å². The first kappa shape index (κ1) is 17.6. The van der Waals surface area contributed by atoms with E-state index in [1.807, 2.05) is 12.1 Å². The van der Waals surface area contributed by atoms with Gasteiger partial charge in [0.05, 0.1) is 5.52 Å². The summed E-state index contributed by atoms with van der Waals surface area (Å²) in [4.78, 5) is 23.1. The molecule has 1 aliphatic heterocycles. The first-order chi connectivity index (χ1) is 14.3. The molecular weight excluding hydrogens is 360 g/mol. The van der Waals surface area contributed by atoms with Crippen molar-refractivity contribution in [3.63, 3.8) is 0 Å². The molecule has 0 unspecified atom stereocenters. The highest BCUT2D eigenvalue weighted by Crippen LogP contribution is 2.28. The minimum Gasteiger partial charge on any atom is -0.352 e. The van der Waals surface area contributed by atoms with Crippen LogP contribution in [-0.2, 0) is 0 Å². The minimum atomic E-state index is 0.771. The number of hydrogen-bond donors (Lipinski definition) is 0. The number of piperazine rings is 1. The third-order valence-corrected chi connectivity index (χ3v) is 5.31. The zero-order valence-corrected chi connectivity index (χ0v) is 16.4. The van der Waals surface area contributed by atoms with Crippen LogP contribution >= 0.6 is 0 Å². The molecule has 5 rings (SSSR count). The summed E-state index contributed by atoms with van der Waals surface area (Å²) < 4.78 is 0. The molecule has 29 heavy (non-hydrogen) atoms. The molecule has 6 nitrogen and oxygen atoms in total. The standard InChI is InChI=1S/C23H22N6/c1-17-7-9-18(10-8-17)21-26-20-6-3-2-5-19(20)22(27-21)28-13-15-29(16-14-28)23-24-11-4-12-25-23/h2-12H,13-16H2,1H3. The van der Waals surface area contributed by atoms with Gasteiger partial charge in [-0.2, -0.15) is 0 Å². The third-order valence-electron chi connectivity index (χ3n) is 5.31. The Morgan fingerprint density at radius 2 is 1.41 bits per heavy atom. The molecule has 0 aliphatic carbocycles. The van der Waals surface area contributed by atoms with E-state index < -0.39 is 0 Å². The summed E-state index contributed by atoms with van der Waals surface area (Å²) in [6.07, 6.45) is 3.58. The lowest BCUT2D eigenvalue weighted by Crippen LogP contribution is -2.47. The van der Waals surface area contributed by atoms with Gasteiger partial charge in [0.2, 0.25) is 5.95 Å². The second kappa shape index (κ2) is 7.47.